The van der Waals surface area contributed by atoms with Crippen LogP contribution < -0.4 is 5.32 Å². The van der Waals surface area contributed by atoms with Crippen molar-refractivity contribution in [3.8, 4) is 0 Å². The number of carboxylic acids is 1. The van der Waals surface area contributed by atoms with Crippen molar-refractivity contribution in [2.24, 2.45) is 11.8 Å². The average Bonchev–Trinajstić information content (AvgIpc) is 1.98. The van der Waals surface area contributed by atoms with Crippen molar-refractivity contribution in [2.45, 2.75) is 45.6 Å². The molecule has 0 aromatic rings. The molecular formula is C11H19NO3. The summed E-state index contributed by atoms with van der Waals surface area (Å²) in [5, 5.41) is 11.5. The number of nitrogens with one attached hydrogen (secondary N) is 1. The largest absolute Gasteiger partial charge is 0.480 e. The number of rotatable bonds is 5. The molecule has 0 heterocycles. The van der Waals surface area contributed by atoms with Gasteiger partial charge in [0, 0.05) is 5.92 Å². The summed E-state index contributed by atoms with van der Waals surface area (Å²) < 4.78 is 0. The zero-order chi connectivity index (χ0) is 11.4. The van der Waals surface area contributed by atoms with Gasteiger partial charge in [-0.1, -0.05) is 20.3 Å². The van der Waals surface area contributed by atoms with E-state index >= 15 is 0 Å². The molecule has 0 spiro atoms. The van der Waals surface area contributed by atoms with Crippen LogP contribution in [0.1, 0.15) is 39.5 Å². The van der Waals surface area contributed by atoms with Gasteiger partial charge in [-0.25, -0.2) is 4.79 Å². The van der Waals surface area contributed by atoms with Crippen LogP contribution in [0.4, 0.5) is 0 Å². The maximum absolute atomic E-state index is 11.5. The molecule has 0 aromatic heterocycles. The molecule has 0 saturated heterocycles. The Bertz CT molecular complexity index is 246. The molecule has 0 unspecified atom stereocenters. The van der Waals surface area contributed by atoms with Crippen molar-refractivity contribution in [1.29, 1.82) is 0 Å². The van der Waals surface area contributed by atoms with E-state index < -0.39 is 12.0 Å². The van der Waals surface area contributed by atoms with E-state index in [0.29, 0.717) is 6.42 Å². The lowest BCUT2D eigenvalue weighted by Crippen LogP contribution is -2.45. The Morgan fingerprint density at radius 3 is 2.33 bits per heavy atom. The molecule has 1 aliphatic rings. The number of aliphatic carboxylic acids is 1. The van der Waals surface area contributed by atoms with E-state index in [1.54, 1.807) is 0 Å². The van der Waals surface area contributed by atoms with E-state index in [1.807, 2.05) is 13.8 Å². The second kappa shape index (κ2) is 5.14. The number of carbonyl (C=O) groups is 2. The van der Waals surface area contributed by atoms with E-state index in [4.69, 9.17) is 5.11 Å². The molecule has 1 atom stereocenters. The quantitative estimate of drug-likeness (QED) is 0.725. The summed E-state index contributed by atoms with van der Waals surface area (Å²) in [6.45, 7) is 3.90. The summed E-state index contributed by atoms with van der Waals surface area (Å²) in [5.41, 5.74) is 0. The highest BCUT2D eigenvalue weighted by Crippen LogP contribution is 2.26. The van der Waals surface area contributed by atoms with Crippen molar-refractivity contribution in [2.75, 3.05) is 0 Å². The van der Waals surface area contributed by atoms with Gasteiger partial charge in [-0.15, -0.1) is 0 Å². The summed E-state index contributed by atoms with van der Waals surface area (Å²) in [5.74, 6) is -0.697. The Hall–Kier alpha value is -1.06. The summed E-state index contributed by atoms with van der Waals surface area (Å²) in [6, 6.07) is -0.724. The molecule has 0 bridgehead atoms. The van der Waals surface area contributed by atoms with E-state index in [9.17, 15) is 9.59 Å². The van der Waals surface area contributed by atoms with Gasteiger partial charge in [0.05, 0.1) is 0 Å². The molecule has 15 heavy (non-hydrogen) atoms. The molecule has 1 rings (SSSR count). The Morgan fingerprint density at radius 1 is 1.40 bits per heavy atom. The van der Waals surface area contributed by atoms with Gasteiger partial charge in [0.25, 0.3) is 0 Å². The average molecular weight is 213 g/mol. The standard InChI is InChI=1S/C11H19NO3/c1-7(2)6-9(11(14)15)12-10(13)8-4-3-5-8/h7-9H,3-6H2,1-2H3,(H,12,13)(H,14,15)/t9-/m0/s1. The molecule has 0 aromatic carbocycles. The SMILES string of the molecule is CC(C)C[C@H](NC(=O)C1CCC1)C(=O)O. The third-order valence-electron chi connectivity index (χ3n) is 2.80. The van der Waals surface area contributed by atoms with Gasteiger partial charge in [0.2, 0.25) is 5.91 Å². The topological polar surface area (TPSA) is 66.4 Å². The minimum atomic E-state index is -0.934. The van der Waals surface area contributed by atoms with Crippen LogP contribution in [0.2, 0.25) is 0 Å². The first-order chi connectivity index (χ1) is 7.00. The fourth-order valence-electron chi connectivity index (χ4n) is 1.65. The molecule has 0 radical (unpaired) electrons. The van der Waals surface area contributed by atoms with Crippen LogP contribution >= 0.6 is 0 Å². The number of hydrogen-bond acceptors (Lipinski definition) is 2. The van der Waals surface area contributed by atoms with Crippen LogP contribution in [-0.2, 0) is 9.59 Å². The van der Waals surface area contributed by atoms with E-state index in [1.165, 1.54) is 0 Å². The smallest absolute Gasteiger partial charge is 0.326 e. The summed E-state index contributed by atoms with van der Waals surface area (Å²) >= 11 is 0. The number of carbonyl (C=O) groups excluding carboxylic acids is 1. The minimum absolute atomic E-state index is 0.0546. The highest BCUT2D eigenvalue weighted by molar-refractivity contribution is 5.85. The van der Waals surface area contributed by atoms with Crippen molar-refractivity contribution in [3.63, 3.8) is 0 Å². The van der Waals surface area contributed by atoms with Crippen molar-refractivity contribution < 1.29 is 14.7 Å². The zero-order valence-electron chi connectivity index (χ0n) is 9.32. The molecule has 4 nitrogen and oxygen atoms in total. The van der Waals surface area contributed by atoms with Crippen LogP contribution in [0, 0.1) is 11.8 Å². The van der Waals surface area contributed by atoms with Gasteiger partial charge >= 0.3 is 5.97 Å². The molecule has 1 amide bonds. The third-order valence-corrected chi connectivity index (χ3v) is 2.80. The highest BCUT2D eigenvalue weighted by Gasteiger charge is 2.29. The monoisotopic (exact) mass is 213 g/mol. The first-order valence-electron chi connectivity index (χ1n) is 5.54. The van der Waals surface area contributed by atoms with Gasteiger partial charge in [0.15, 0.2) is 0 Å². The van der Waals surface area contributed by atoms with Crippen LogP contribution in [0.25, 0.3) is 0 Å². The summed E-state index contributed by atoms with van der Waals surface area (Å²) in [4.78, 5) is 22.4. The van der Waals surface area contributed by atoms with Crippen LogP contribution in [0.3, 0.4) is 0 Å². The second-order valence-electron chi connectivity index (χ2n) is 4.66. The summed E-state index contributed by atoms with van der Waals surface area (Å²) in [7, 11) is 0. The Morgan fingerprint density at radius 2 is 2.00 bits per heavy atom. The Kier molecular flexibility index (Phi) is 4.12. The molecule has 1 aliphatic carbocycles. The molecule has 4 heteroatoms. The maximum Gasteiger partial charge on any atom is 0.326 e. The molecule has 0 aliphatic heterocycles. The molecular weight excluding hydrogens is 194 g/mol. The number of hydrogen-bond donors (Lipinski definition) is 2. The lowest BCUT2D eigenvalue weighted by atomic mass is 9.84. The highest BCUT2D eigenvalue weighted by atomic mass is 16.4. The predicted octanol–water partition coefficient (Wildman–Crippen LogP) is 1.40. The minimum Gasteiger partial charge on any atom is -0.480 e. The summed E-state index contributed by atoms with van der Waals surface area (Å²) in [6.07, 6.45) is 3.38. The van der Waals surface area contributed by atoms with Crippen molar-refractivity contribution in [1.82, 2.24) is 5.32 Å². The fourth-order valence-corrected chi connectivity index (χ4v) is 1.65. The molecule has 2 N–H and O–H groups in total. The molecule has 1 fully saturated rings. The first kappa shape index (κ1) is 12.0. The van der Waals surface area contributed by atoms with Gasteiger partial charge in [-0.05, 0) is 25.2 Å². The lowest BCUT2D eigenvalue weighted by Gasteiger charge is -2.26. The number of carboxylic acid groups (broad SMARTS) is 1. The zero-order valence-corrected chi connectivity index (χ0v) is 9.32. The lowest BCUT2D eigenvalue weighted by molar-refractivity contribution is -0.143. The van der Waals surface area contributed by atoms with Crippen LogP contribution in [-0.4, -0.2) is 23.0 Å². The van der Waals surface area contributed by atoms with Crippen molar-refractivity contribution in [3.05, 3.63) is 0 Å². The van der Waals surface area contributed by atoms with E-state index in [-0.39, 0.29) is 17.7 Å². The van der Waals surface area contributed by atoms with Crippen LogP contribution in [0.15, 0.2) is 0 Å². The molecule has 1 saturated carbocycles. The van der Waals surface area contributed by atoms with Gasteiger partial charge in [-0.3, -0.25) is 4.79 Å². The maximum atomic E-state index is 11.5. The van der Waals surface area contributed by atoms with Gasteiger partial charge in [-0.2, -0.15) is 0 Å². The fraction of sp³-hybridized carbons (Fsp3) is 0.818. The van der Waals surface area contributed by atoms with E-state index in [0.717, 1.165) is 19.3 Å². The Labute approximate surface area is 90.0 Å². The third kappa shape index (κ3) is 3.53. The predicted molar refractivity (Wildman–Crippen MR) is 56.4 cm³/mol. The Balaban J connectivity index is 2.42. The van der Waals surface area contributed by atoms with Crippen molar-refractivity contribution >= 4 is 11.9 Å². The molecule has 86 valence electrons. The van der Waals surface area contributed by atoms with Gasteiger partial charge in [0.1, 0.15) is 6.04 Å². The first-order valence-corrected chi connectivity index (χ1v) is 5.54. The number of amides is 1. The normalized spacial score (nSPS) is 18.3. The van der Waals surface area contributed by atoms with Crippen LogP contribution in [0.5, 0.6) is 0 Å². The van der Waals surface area contributed by atoms with Gasteiger partial charge < -0.3 is 10.4 Å². The second-order valence-corrected chi connectivity index (χ2v) is 4.66. The van der Waals surface area contributed by atoms with E-state index in [2.05, 4.69) is 5.32 Å².